The maximum atomic E-state index is 15.0. The molecular formula is C28H29F3O. The van der Waals surface area contributed by atoms with Gasteiger partial charge in [-0.3, -0.25) is 0 Å². The molecule has 0 amide bonds. The third-order valence-electron chi connectivity index (χ3n) is 6.65. The first kappa shape index (κ1) is 22.6. The van der Waals surface area contributed by atoms with Gasteiger partial charge in [-0.1, -0.05) is 54.1 Å². The monoisotopic (exact) mass is 438 g/mol. The first-order valence-corrected chi connectivity index (χ1v) is 11.4. The molecule has 3 aromatic rings. The molecule has 0 aromatic heterocycles. The quantitative estimate of drug-likeness (QED) is 0.378. The molecule has 4 rings (SSSR count). The third-order valence-corrected chi connectivity index (χ3v) is 6.65. The minimum atomic E-state index is -0.777. The molecule has 1 nitrogen and oxygen atoms in total. The van der Waals surface area contributed by atoms with Gasteiger partial charge in [0.1, 0.15) is 5.82 Å². The van der Waals surface area contributed by atoms with Crippen LogP contribution in [0.2, 0.25) is 0 Å². The Balaban J connectivity index is 1.46. The maximum Gasteiger partial charge on any atom is 0.166 e. The van der Waals surface area contributed by atoms with Crippen LogP contribution in [0.25, 0.3) is 11.1 Å². The fraction of sp³-hybridized carbons (Fsp3) is 0.357. The number of hydrogen-bond donors (Lipinski definition) is 0. The largest absolute Gasteiger partial charge is 0.377 e. The molecule has 0 N–H and O–H groups in total. The molecule has 0 bridgehead atoms. The molecule has 1 fully saturated rings. The molecule has 0 unspecified atom stereocenters. The molecule has 1 aliphatic carbocycles. The lowest BCUT2D eigenvalue weighted by molar-refractivity contribution is 0.131. The van der Waals surface area contributed by atoms with E-state index in [9.17, 15) is 13.2 Å². The van der Waals surface area contributed by atoms with Crippen LogP contribution < -0.4 is 0 Å². The van der Waals surface area contributed by atoms with Gasteiger partial charge >= 0.3 is 0 Å². The Hall–Kier alpha value is -2.59. The van der Waals surface area contributed by atoms with Crippen molar-refractivity contribution in [3.05, 3.63) is 94.3 Å². The van der Waals surface area contributed by atoms with Crippen LogP contribution in [0.15, 0.2) is 54.6 Å². The van der Waals surface area contributed by atoms with E-state index in [-0.39, 0.29) is 24.3 Å². The number of rotatable bonds is 6. The molecule has 3 aromatic carbocycles. The van der Waals surface area contributed by atoms with Crippen molar-refractivity contribution in [3.63, 3.8) is 0 Å². The van der Waals surface area contributed by atoms with Crippen LogP contribution in [0.5, 0.6) is 0 Å². The van der Waals surface area contributed by atoms with Crippen molar-refractivity contribution in [2.75, 3.05) is 6.61 Å². The predicted octanol–water partition coefficient (Wildman–Crippen LogP) is 8.06. The molecule has 4 heteroatoms. The second-order valence-corrected chi connectivity index (χ2v) is 8.73. The number of aryl methyl sites for hydroxylation is 1. The van der Waals surface area contributed by atoms with Crippen LogP contribution in [0, 0.1) is 24.4 Å². The van der Waals surface area contributed by atoms with E-state index in [1.807, 2.05) is 44.2 Å². The summed E-state index contributed by atoms with van der Waals surface area (Å²) >= 11 is 0. The standard InChI is InChI=1S/C28H29F3O/c1-3-32-17-23-13-12-22(16-26(23)29)19-8-10-21(11-9-19)25-15-14-24(27(30)28(25)31)20-6-4-18(2)5-7-20/h4-7,12-16,19,21H,3,8-11,17H2,1-2H3. The minimum absolute atomic E-state index is 0.0186. The Morgan fingerprint density at radius 2 is 1.50 bits per heavy atom. The van der Waals surface area contributed by atoms with Gasteiger partial charge in [-0.15, -0.1) is 0 Å². The normalized spacial score (nSPS) is 18.7. The molecule has 0 radical (unpaired) electrons. The number of ether oxygens (including phenoxy) is 1. The number of halogens is 3. The summed E-state index contributed by atoms with van der Waals surface area (Å²) < 4.78 is 49.6. The highest BCUT2D eigenvalue weighted by atomic mass is 19.2. The Kier molecular flexibility index (Phi) is 7.00. The first-order chi connectivity index (χ1) is 15.5. The Morgan fingerprint density at radius 1 is 0.812 bits per heavy atom. The summed E-state index contributed by atoms with van der Waals surface area (Å²) in [5.41, 5.74) is 4.04. The molecule has 0 heterocycles. The first-order valence-electron chi connectivity index (χ1n) is 11.4. The van der Waals surface area contributed by atoms with Gasteiger partial charge in [0.2, 0.25) is 0 Å². The zero-order valence-corrected chi connectivity index (χ0v) is 18.6. The van der Waals surface area contributed by atoms with E-state index >= 15 is 0 Å². The van der Waals surface area contributed by atoms with Gasteiger partial charge in [0.25, 0.3) is 0 Å². The second kappa shape index (κ2) is 9.91. The zero-order chi connectivity index (χ0) is 22.7. The third kappa shape index (κ3) is 4.75. The molecule has 0 atom stereocenters. The van der Waals surface area contributed by atoms with E-state index in [4.69, 9.17) is 4.74 Å². The number of hydrogen-bond acceptors (Lipinski definition) is 1. The van der Waals surface area contributed by atoms with Crippen LogP contribution in [0.3, 0.4) is 0 Å². The van der Waals surface area contributed by atoms with Crippen molar-refractivity contribution in [2.45, 2.75) is 58.0 Å². The summed E-state index contributed by atoms with van der Waals surface area (Å²) in [5.74, 6) is -1.53. The van der Waals surface area contributed by atoms with Crippen molar-refractivity contribution in [3.8, 4) is 11.1 Å². The Morgan fingerprint density at radius 3 is 2.16 bits per heavy atom. The van der Waals surface area contributed by atoms with Gasteiger partial charge in [0.15, 0.2) is 11.6 Å². The summed E-state index contributed by atoms with van der Waals surface area (Å²) in [5, 5.41) is 0. The van der Waals surface area contributed by atoms with E-state index in [0.29, 0.717) is 28.9 Å². The van der Waals surface area contributed by atoms with Crippen LogP contribution in [0.4, 0.5) is 13.2 Å². The Labute approximate surface area is 188 Å². The lowest BCUT2D eigenvalue weighted by Crippen LogP contribution is -2.14. The molecule has 1 saturated carbocycles. The van der Waals surface area contributed by atoms with Crippen LogP contribution in [-0.4, -0.2) is 6.61 Å². The van der Waals surface area contributed by atoms with Crippen molar-refractivity contribution >= 4 is 0 Å². The minimum Gasteiger partial charge on any atom is -0.377 e. The molecule has 0 spiro atoms. The molecule has 0 aliphatic heterocycles. The van der Waals surface area contributed by atoms with Gasteiger partial charge in [-0.05, 0) is 74.1 Å². The van der Waals surface area contributed by atoms with Gasteiger partial charge in [0.05, 0.1) is 6.61 Å². The molecular weight excluding hydrogens is 409 g/mol. The second-order valence-electron chi connectivity index (χ2n) is 8.73. The smallest absolute Gasteiger partial charge is 0.166 e. The van der Waals surface area contributed by atoms with E-state index in [1.54, 1.807) is 24.3 Å². The summed E-state index contributed by atoms with van der Waals surface area (Å²) in [6.07, 6.45) is 3.17. The summed E-state index contributed by atoms with van der Waals surface area (Å²) in [6.45, 7) is 4.67. The van der Waals surface area contributed by atoms with Crippen molar-refractivity contribution < 1.29 is 17.9 Å². The summed E-state index contributed by atoms with van der Waals surface area (Å²) in [6, 6.07) is 16.2. The number of benzene rings is 3. The molecule has 32 heavy (non-hydrogen) atoms. The van der Waals surface area contributed by atoms with E-state index < -0.39 is 11.6 Å². The van der Waals surface area contributed by atoms with Gasteiger partial charge in [-0.25, -0.2) is 13.2 Å². The summed E-state index contributed by atoms with van der Waals surface area (Å²) in [7, 11) is 0. The molecule has 168 valence electrons. The highest BCUT2D eigenvalue weighted by Gasteiger charge is 2.27. The predicted molar refractivity (Wildman–Crippen MR) is 122 cm³/mol. The lowest BCUT2D eigenvalue weighted by atomic mass is 9.75. The van der Waals surface area contributed by atoms with Crippen LogP contribution in [0.1, 0.15) is 66.7 Å². The average molecular weight is 439 g/mol. The molecule has 0 saturated heterocycles. The maximum absolute atomic E-state index is 15.0. The fourth-order valence-electron chi connectivity index (χ4n) is 4.72. The van der Waals surface area contributed by atoms with Crippen LogP contribution >= 0.6 is 0 Å². The van der Waals surface area contributed by atoms with E-state index in [2.05, 4.69) is 0 Å². The summed E-state index contributed by atoms with van der Waals surface area (Å²) in [4.78, 5) is 0. The average Bonchev–Trinajstić information content (AvgIpc) is 2.81. The van der Waals surface area contributed by atoms with E-state index in [0.717, 1.165) is 36.8 Å². The van der Waals surface area contributed by atoms with E-state index in [1.165, 1.54) is 0 Å². The van der Waals surface area contributed by atoms with Crippen molar-refractivity contribution in [1.82, 2.24) is 0 Å². The zero-order valence-electron chi connectivity index (χ0n) is 18.6. The van der Waals surface area contributed by atoms with Crippen molar-refractivity contribution in [2.24, 2.45) is 0 Å². The SMILES string of the molecule is CCOCc1ccc(C2CCC(c3ccc(-c4ccc(C)cc4)c(F)c3F)CC2)cc1F. The highest BCUT2D eigenvalue weighted by Crippen LogP contribution is 2.42. The lowest BCUT2D eigenvalue weighted by Gasteiger charge is -2.29. The van der Waals surface area contributed by atoms with Gasteiger partial charge < -0.3 is 4.74 Å². The molecule has 1 aliphatic rings. The van der Waals surface area contributed by atoms with Gasteiger partial charge in [-0.2, -0.15) is 0 Å². The fourth-order valence-corrected chi connectivity index (χ4v) is 4.72. The van der Waals surface area contributed by atoms with Crippen LogP contribution in [-0.2, 0) is 11.3 Å². The highest BCUT2D eigenvalue weighted by molar-refractivity contribution is 5.65. The van der Waals surface area contributed by atoms with Crippen molar-refractivity contribution in [1.29, 1.82) is 0 Å². The van der Waals surface area contributed by atoms with Gasteiger partial charge in [0, 0.05) is 17.7 Å². The topological polar surface area (TPSA) is 9.23 Å². The Bertz CT molecular complexity index is 1070.